The van der Waals surface area contributed by atoms with Crippen molar-refractivity contribution in [2.75, 3.05) is 13.1 Å². The van der Waals surface area contributed by atoms with E-state index in [1.165, 1.54) is 5.56 Å². The third kappa shape index (κ3) is 4.54. The van der Waals surface area contributed by atoms with Gasteiger partial charge in [-0.25, -0.2) is 0 Å². The highest BCUT2D eigenvalue weighted by Crippen LogP contribution is 2.13. The predicted octanol–water partition coefficient (Wildman–Crippen LogP) is 1.15. The number of rotatable bonds is 6. The number of nitrogens with zero attached hydrogens (tertiary/aromatic N) is 3. The summed E-state index contributed by atoms with van der Waals surface area (Å²) in [5, 5.41) is 13.7. The topological polar surface area (TPSA) is 97.5 Å². The highest BCUT2D eigenvalue weighted by molar-refractivity contribution is 5.76. The van der Waals surface area contributed by atoms with E-state index in [0.29, 0.717) is 0 Å². The summed E-state index contributed by atoms with van der Waals surface area (Å²) in [6.07, 6.45) is 1.93. The lowest BCUT2D eigenvalue weighted by Gasteiger charge is -2.17. The monoisotopic (exact) mass is 356 g/mol. The van der Waals surface area contributed by atoms with Crippen molar-refractivity contribution in [1.29, 1.82) is 0 Å². The van der Waals surface area contributed by atoms with E-state index in [1.54, 1.807) is 0 Å². The fourth-order valence-electron chi connectivity index (χ4n) is 3.11. The highest BCUT2D eigenvalue weighted by atomic mass is 16.6. The SMILES string of the molecule is O=C(Cn1cc([N+](=O)[O-])ccc1=O)N[C@@H]1CCN(Cc2ccccc2)C1. The lowest BCUT2D eigenvalue weighted by molar-refractivity contribution is -0.385. The fraction of sp³-hybridized carbons (Fsp3) is 0.333. The van der Waals surface area contributed by atoms with Crippen LogP contribution in [0.4, 0.5) is 5.69 Å². The van der Waals surface area contributed by atoms with Crippen LogP contribution in [0.3, 0.4) is 0 Å². The van der Waals surface area contributed by atoms with Crippen molar-refractivity contribution >= 4 is 11.6 Å². The molecule has 0 spiro atoms. The van der Waals surface area contributed by atoms with Gasteiger partial charge in [0.05, 0.1) is 11.1 Å². The van der Waals surface area contributed by atoms with E-state index >= 15 is 0 Å². The summed E-state index contributed by atoms with van der Waals surface area (Å²) in [7, 11) is 0. The van der Waals surface area contributed by atoms with Gasteiger partial charge in [0.2, 0.25) is 5.91 Å². The van der Waals surface area contributed by atoms with Crippen LogP contribution >= 0.6 is 0 Å². The fourth-order valence-corrected chi connectivity index (χ4v) is 3.11. The first kappa shape index (κ1) is 17.8. The maximum Gasteiger partial charge on any atom is 0.285 e. The molecule has 0 aliphatic carbocycles. The molecule has 136 valence electrons. The first-order chi connectivity index (χ1) is 12.5. The predicted molar refractivity (Wildman–Crippen MR) is 95.6 cm³/mol. The molecule has 1 atom stereocenters. The third-order valence-electron chi connectivity index (χ3n) is 4.38. The average Bonchev–Trinajstić information content (AvgIpc) is 3.04. The number of hydrogen-bond donors (Lipinski definition) is 1. The van der Waals surface area contributed by atoms with Crippen LogP contribution in [0, 0.1) is 10.1 Å². The molecule has 1 aliphatic rings. The second-order valence-corrected chi connectivity index (χ2v) is 6.38. The Balaban J connectivity index is 1.54. The molecule has 1 aromatic carbocycles. The van der Waals surface area contributed by atoms with Gasteiger partial charge in [0.1, 0.15) is 6.54 Å². The van der Waals surface area contributed by atoms with Gasteiger partial charge in [-0.1, -0.05) is 30.3 Å². The highest BCUT2D eigenvalue weighted by Gasteiger charge is 2.24. The second kappa shape index (κ2) is 7.92. The van der Waals surface area contributed by atoms with Crippen LogP contribution in [0.15, 0.2) is 53.5 Å². The molecule has 0 radical (unpaired) electrons. The first-order valence-corrected chi connectivity index (χ1v) is 8.42. The van der Waals surface area contributed by atoms with Gasteiger partial charge < -0.3 is 5.32 Å². The molecule has 1 fully saturated rings. The van der Waals surface area contributed by atoms with Crippen molar-refractivity contribution in [3.63, 3.8) is 0 Å². The van der Waals surface area contributed by atoms with Gasteiger partial charge in [0, 0.05) is 37.8 Å². The summed E-state index contributed by atoms with van der Waals surface area (Å²) < 4.78 is 1.06. The molecule has 3 rings (SSSR count). The van der Waals surface area contributed by atoms with E-state index in [1.807, 2.05) is 18.2 Å². The molecule has 26 heavy (non-hydrogen) atoms. The van der Waals surface area contributed by atoms with E-state index < -0.39 is 10.5 Å². The molecule has 1 amide bonds. The van der Waals surface area contributed by atoms with Crippen molar-refractivity contribution in [3.05, 3.63) is 74.7 Å². The van der Waals surface area contributed by atoms with Crippen molar-refractivity contribution in [1.82, 2.24) is 14.8 Å². The maximum atomic E-state index is 12.2. The molecule has 1 aliphatic heterocycles. The normalized spacial score (nSPS) is 17.2. The molecular weight excluding hydrogens is 336 g/mol. The number of nitrogens with one attached hydrogen (secondary N) is 1. The van der Waals surface area contributed by atoms with E-state index in [2.05, 4.69) is 22.3 Å². The average molecular weight is 356 g/mol. The Hall–Kier alpha value is -3.00. The molecule has 2 heterocycles. The molecule has 1 N–H and O–H groups in total. The minimum absolute atomic E-state index is 0.0145. The van der Waals surface area contributed by atoms with Crippen molar-refractivity contribution in [2.24, 2.45) is 0 Å². The quantitative estimate of drug-likeness (QED) is 0.618. The van der Waals surface area contributed by atoms with Crippen LogP contribution in [0.2, 0.25) is 0 Å². The lowest BCUT2D eigenvalue weighted by Crippen LogP contribution is -2.40. The van der Waals surface area contributed by atoms with E-state index in [4.69, 9.17) is 0 Å². The zero-order valence-electron chi connectivity index (χ0n) is 14.2. The Kier molecular flexibility index (Phi) is 5.43. The Morgan fingerprint density at radius 1 is 1.23 bits per heavy atom. The van der Waals surface area contributed by atoms with Gasteiger partial charge in [-0.05, 0) is 12.0 Å². The minimum Gasteiger partial charge on any atom is -0.350 e. The Bertz CT molecular complexity index is 850. The van der Waals surface area contributed by atoms with Crippen LogP contribution in [0.5, 0.6) is 0 Å². The maximum absolute atomic E-state index is 12.2. The Morgan fingerprint density at radius 3 is 2.73 bits per heavy atom. The Labute approximate surface area is 150 Å². The van der Waals surface area contributed by atoms with E-state index in [0.717, 1.165) is 49.0 Å². The van der Waals surface area contributed by atoms with Gasteiger partial charge >= 0.3 is 0 Å². The number of carbonyl (C=O) groups excluding carboxylic acids is 1. The van der Waals surface area contributed by atoms with Gasteiger partial charge in [0.15, 0.2) is 0 Å². The number of carbonyl (C=O) groups is 1. The molecular formula is C18H20N4O4. The summed E-state index contributed by atoms with van der Waals surface area (Å²) in [6, 6.07) is 12.4. The number of aromatic nitrogens is 1. The molecule has 2 aromatic rings. The molecule has 1 aromatic heterocycles. The van der Waals surface area contributed by atoms with E-state index in [-0.39, 0.29) is 24.2 Å². The second-order valence-electron chi connectivity index (χ2n) is 6.38. The smallest absolute Gasteiger partial charge is 0.285 e. The van der Waals surface area contributed by atoms with Crippen LogP contribution in [-0.2, 0) is 17.9 Å². The molecule has 0 bridgehead atoms. The molecule has 0 saturated carbocycles. The molecule has 0 unspecified atom stereocenters. The molecule has 1 saturated heterocycles. The summed E-state index contributed by atoms with van der Waals surface area (Å²) in [5.41, 5.74) is 0.567. The number of hydrogen-bond acceptors (Lipinski definition) is 5. The zero-order chi connectivity index (χ0) is 18.5. The van der Waals surface area contributed by atoms with Gasteiger partial charge in [-0.15, -0.1) is 0 Å². The van der Waals surface area contributed by atoms with Crippen LogP contribution in [-0.4, -0.2) is 39.4 Å². The van der Waals surface area contributed by atoms with Crippen LogP contribution < -0.4 is 10.9 Å². The third-order valence-corrected chi connectivity index (χ3v) is 4.38. The Morgan fingerprint density at radius 2 is 2.00 bits per heavy atom. The van der Waals surface area contributed by atoms with Crippen LogP contribution in [0.25, 0.3) is 0 Å². The largest absolute Gasteiger partial charge is 0.350 e. The number of benzene rings is 1. The summed E-state index contributed by atoms with van der Waals surface area (Å²) in [6.45, 7) is 2.23. The summed E-state index contributed by atoms with van der Waals surface area (Å²) in [4.78, 5) is 36.5. The lowest BCUT2D eigenvalue weighted by atomic mass is 10.2. The number of nitro groups is 1. The number of amides is 1. The number of likely N-dealkylation sites (tertiary alicyclic amines) is 1. The summed E-state index contributed by atoms with van der Waals surface area (Å²) in [5.74, 6) is -0.320. The van der Waals surface area contributed by atoms with Crippen molar-refractivity contribution < 1.29 is 9.72 Å². The zero-order valence-corrected chi connectivity index (χ0v) is 14.2. The van der Waals surface area contributed by atoms with Crippen molar-refractivity contribution in [2.45, 2.75) is 25.6 Å². The van der Waals surface area contributed by atoms with Crippen LogP contribution in [0.1, 0.15) is 12.0 Å². The van der Waals surface area contributed by atoms with Gasteiger partial charge in [-0.3, -0.25) is 29.2 Å². The van der Waals surface area contributed by atoms with Gasteiger partial charge in [-0.2, -0.15) is 0 Å². The van der Waals surface area contributed by atoms with E-state index in [9.17, 15) is 19.7 Å². The standard InChI is InChI=1S/C18H20N4O4/c23-17(13-21-12-16(22(25)26)6-7-18(21)24)19-15-8-9-20(11-15)10-14-4-2-1-3-5-14/h1-7,12,15H,8-11,13H2,(H,19,23)/t15-/m1/s1. The number of pyridine rings is 1. The molecule has 8 heteroatoms. The minimum atomic E-state index is -0.591. The van der Waals surface area contributed by atoms with Crippen molar-refractivity contribution in [3.8, 4) is 0 Å². The summed E-state index contributed by atoms with van der Waals surface area (Å²) >= 11 is 0. The first-order valence-electron chi connectivity index (χ1n) is 8.42. The van der Waals surface area contributed by atoms with Gasteiger partial charge in [0.25, 0.3) is 11.2 Å². The molecule has 8 nitrogen and oxygen atoms in total.